The van der Waals surface area contributed by atoms with E-state index in [1.165, 1.54) is 13.3 Å². The number of nitrogens with zero attached hydrogens (tertiary/aromatic N) is 3. The van der Waals surface area contributed by atoms with Crippen molar-refractivity contribution in [2.75, 3.05) is 38.3 Å². The predicted molar refractivity (Wildman–Crippen MR) is 115 cm³/mol. The van der Waals surface area contributed by atoms with Crippen LogP contribution in [-0.2, 0) is 9.53 Å². The van der Waals surface area contributed by atoms with Gasteiger partial charge in [-0.1, -0.05) is 6.07 Å². The van der Waals surface area contributed by atoms with E-state index < -0.39 is 17.3 Å². The number of rotatable bonds is 3. The van der Waals surface area contributed by atoms with Gasteiger partial charge in [-0.3, -0.25) is 19.2 Å². The highest BCUT2D eigenvalue weighted by Gasteiger charge is 2.45. The Bertz CT molecular complexity index is 1240. The van der Waals surface area contributed by atoms with Crippen molar-refractivity contribution in [2.45, 2.75) is 12.8 Å². The smallest absolute Gasteiger partial charge is 0.337 e. The number of esters is 1. The Hall–Kier alpha value is -3.46. The highest BCUT2D eigenvalue weighted by atomic mass is 16.5. The molecular formula is C22H23N5O4. The molecule has 1 amide bonds. The summed E-state index contributed by atoms with van der Waals surface area (Å²) in [4.78, 5) is 41.5. The van der Waals surface area contributed by atoms with Crippen LogP contribution in [0.3, 0.4) is 0 Å². The lowest BCUT2D eigenvalue weighted by molar-refractivity contribution is -0.128. The number of methoxy groups -OCH3 is 1. The van der Waals surface area contributed by atoms with Crippen LogP contribution >= 0.6 is 0 Å². The zero-order valence-corrected chi connectivity index (χ0v) is 17.2. The minimum absolute atomic E-state index is 0.265. The highest BCUT2D eigenvalue weighted by Crippen LogP contribution is 2.36. The van der Waals surface area contributed by atoms with E-state index in [2.05, 4.69) is 15.3 Å². The van der Waals surface area contributed by atoms with Crippen molar-refractivity contribution in [2.24, 2.45) is 11.1 Å². The molecule has 1 unspecified atom stereocenters. The number of nitrogens with one attached hydrogen (secondary N) is 1. The average Bonchev–Trinajstić information content (AvgIpc) is 3.37. The van der Waals surface area contributed by atoms with Gasteiger partial charge in [0.2, 0.25) is 0 Å². The van der Waals surface area contributed by atoms with Crippen LogP contribution in [-0.4, -0.2) is 60.6 Å². The molecule has 1 spiro atoms. The number of piperidine rings is 1. The van der Waals surface area contributed by atoms with Gasteiger partial charge in [-0.2, -0.15) is 0 Å². The van der Waals surface area contributed by atoms with Crippen LogP contribution in [0.5, 0.6) is 0 Å². The zero-order chi connectivity index (χ0) is 21.8. The van der Waals surface area contributed by atoms with Gasteiger partial charge in [0.05, 0.1) is 34.7 Å². The molecule has 0 bridgehead atoms. The fraction of sp³-hybridized carbons (Fsp3) is 0.364. The molecule has 2 saturated heterocycles. The van der Waals surface area contributed by atoms with Crippen LogP contribution < -0.4 is 16.1 Å². The monoisotopic (exact) mass is 421 g/mol. The fourth-order valence-corrected chi connectivity index (χ4v) is 4.95. The largest absolute Gasteiger partial charge is 0.465 e. The number of carbonyl (C=O) groups is 3. The first kappa shape index (κ1) is 19.5. The van der Waals surface area contributed by atoms with Gasteiger partial charge < -0.3 is 20.8 Å². The molecule has 0 aliphatic carbocycles. The van der Waals surface area contributed by atoms with Gasteiger partial charge in [0.1, 0.15) is 5.78 Å². The van der Waals surface area contributed by atoms with Gasteiger partial charge in [-0.25, -0.2) is 4.79 Å². The minimum atomic E-state index is -0.583. The minimum Gasteiger partial charge on any atom is -0.465 e. The third kappa shape index (κ3) is 2.88. The molecule has 1 atom stereocenters. The maximum atomic E-state index is 12.8. The Morgan fingerprint density at radius 1 is 1.26 bits per heavy atom. The number of pyridine rings is 1. The quantitative estimate of drug-likeness (QED) is 0.605. The molecule has 2 aliphatic rings. The van der Waals surface area contributed by atoms with Crippen molar-refractivity contribution in [3.8, 4) is 0 Å². The Balaban J connectivity index is 1.78. The normalized spacial score (nSPS) is 21.3. The summed E-state index contributed by atoms with van der Waals surface area (Å²) in [7, 11) is 1.34. The van der Waals surface area contributed by atoms with E-state index in [4.69, 9.17) is 10.5 Å². The molecule has 3 aromatic rings. The van der Waals surface area contributed by atoms with Crippen LogP contribution in [0.1, 0.15) is 33.6 Å². The van der Waals surface area contributed by atoms with Crippen molar-refractivity contribution >= 4 is 39.5 Å². The maximum absolute atomic E-state index is 12.8. The van der Waals surface area contributed by atoms with Crippen LogP contribution in [0.4, 0.5) is 0 Å². The van der Waals surface area contributed by atoms with Crippen molar-refractivity contribution in [3.63, 3.8) is 0 Å². The topological polar surface area (TPSA) is 120 Å². The van der Waals surface area contributed by atoms with Gasteiger partial charge in [-0.05, 0) is 25.1 Å². The molecule has 9 heteroatoms. The molecule has 4 heterocycles. The molecule has 3 N–H and O–H groups in total. The summed E-state index contributed by atoms with van der Waals surface area (Å²) in [5.74, 6) is -0.764. The van der Waals surface area contributed by atoms with Crippen LogP contribution in [0.15, 0.2) is 30.6 Å². The van der Waals surface area contributed by atoms with E-state index in [1.54, 1.807) is 18.3 Å². The molecule has 2 aliphatic heterocycles. The third-order valence-electron chi connectivity index (χ3n) is 6.53. The molecule has 0 radical (unpaired) electrons. The molecular weight excluding hydrogens is 398 g/mol. The van der Waals surface area contributed by atoms with Gasteiger partial charge in [0.25, 0.3) is 5.91 Å². The fourth-order valence-electron chi connectivity index (χ4n) is 4.95. The van der Waals surface area contributed by atoms with Crippen LogP contribution in [0.2, 0.25) is 0 Å². The van der Waals surface area contributed by atoms with E-state index in [9.17, 15) is 14.4 Å². The molecule has 5 rings (SSSR count). The van der Waals surface area contributed by atoms with Crippen LogP contribution in [0.25, 0.3) is 21.8 Å². The van der Waals surface area contributed by atoms with E-state index in [0.717, 1.165) is 29.3 Å². The average molecular weight is 421 g/mol. The van der Waals surface area contributed by atoms with Crippen molar-refractivity contribution < 1.29 is 19.1 Å². The SMILES string of the molecule is COC(=O)c1ccc2c3cncc(C(N)=O)c3n(N3CCC(=O)C4(CCNC4)C3)c2c1. The number of hydrogen-bond donors (Lipinski definition) is 2. The number of nitrogens with two attached hydrogens (primary N) is 1. The summed E-state index contributed by atoms with van der Waals surface area (Å²) in [5.41, 5.74) is 7.30. The maximum Gasteiger partial charge on any atom is 0.337 e. The summed E-state index contributed by atoms with van der Waals surface area (Å²) in [5, 5.41) is 7.01. The number of benzene rings is 1. The molecule has 1 aromatic carbocycles. The van der Waals surface area contributed by atoms with Gasteiger partial charge in [0.15, 0.2) is 0 Å². The third-order valence-corrected chi connectivity index (χ3v) is 6.53. The van der Waals surface area contributed by atoms with Crippen LogP contribution in [0, 0.1) is 5.41 Å². The number of aromatic nitrogens is 2. The summed E-state index contributed by atoms with van der Waals surface area (Å²) in [6.45, 7) is 2.45. The molecule has 0 saturated carbocycles. The molecule has 31 heavy (non-hydrogen) atoms. The highest BCUT2D eigenvalue weighted by molar-refractivity contribution is 6.16. The number of ketones is 1. The number of amides is 1. The van der Waals surface area contributed by atoms with Crippen molar-refractivity contribution in [1.29, 1.82) is 0 Å². The Morgan fingerprint density at radius 3 is 2.81 bits per heavy atom. The summed E-state index contributed by atoms with van der Waals surface area (Å²) in [6, 6.07) is 5.27. The second-order valence-electron chi connectivity index (χ2n) is 8.25. The number of fused-ring (bicyclic) bond motifs is 3. The van der Waals surface area contributed by atoms with Crippen molar-refractivity contribution in [3.05, 3.63) is 41.7 Å². The number of hydrogen-bond acceptors (Lipinski definition) is 7. The number of carbonyl (C=O) groups excluding carboxylic acids is 3. The molecule has 9 nitrogen and oxygen atoms in total. The number of primary amides is 1. The van der Waals surface area contributed by atoms with Gasteiger partial charge in [-0.15, -0.1) is 0 Å². The molecule has 2 fully saturated rings. The summed E-state index contributed by atoms with van der Waals surface area (Å²) < 4.78 is 6.83. The van der Waals surface area contributed by atoms with E-state index in [0.29, 0.717) is 42.7 Å². The number of ether oxygens (including phenoxy) is 1. The van der Waals surface area contributed by atoms with Gasteiger partial charge in [0, 0.05) is 49.2 Å². The van der Waals surface area contributed by atoms with Crippen molar-refractivity contribution in [1.82, 2.24) is 15.0 Å². The first-order valence-corrected chi connectivity index (χ1v) is 10.2. The lowest BCUT2D eigenvalue weighted by atomic mass is 9.78. The Kier molecular flexibility index (Phi) is 4.44. The Labute approximate surface area is 178 Å². The lowest BCUT2D eigenvalue weighted by Gasteiger charge is -2.41. The van der Waals surface area contributed by atoms with E-state index in [-0.39, 0.29) is 5.78 Å². The molecule has 2 aromatic heterocycles. The first-order valence-electron chi connectivity index (χ1n) is 10.2. The number of Topliss-reactive ketones (excluding diaryl/α,β-unsaturated/α-hetero) is 1. The van der Waals surface area contributed by atoms with E-state index >= 15 is 0 Å². The molecule has 160 valence electrons. The summed E-state index contributed by atoms with van der Waals surface area (Å²) >= 11 is 0. The Morgan fingerprint density at radius 2 is 2.10 bits per heavy atom. The zero-order valence-electron chi connectivity index (χ0n) is 17.2. The van der Waals surface area contributed by atoms with Gasteiger partial charge >= 0.3 is 5.97 Å². The standard InChI is InChI=1S/C22H23N5O4/c1-31-21(30)13-2-3-14-15-9-25-10-16(20(23)29)19(15)27(17(14)8-13)26-7-4-18(28)22(12-26)5-6-24-11-22/h2-3,8-10,24H,4-7,11-12H2,1H3,(H2,23,29). The first-order chi connectivity index (χ1) is 14.9. The second-order valence-corrected chi connectivity index (χ2v) is 8.25. The van der Waals surface area contributed by atoms with E-state index in [1.807, 2.05) is 10.7 Å². The predicted octanol–water partition coefficient (Wildman–Crippen LogP) is 0.965. The second kappa shape index (κ2) is 7.05. The summed E-state index contributed by atoms with van der Waals surface area (Å²) in [6.07, 6.45) is 4.34. The lowest BCUT2D eigenvalue weighted by Crippen LogP contribution is -2.54.